The van der Waals surface area contributed by atoms with E-state index in [0.29, 0.717) is 22.4 Å². The molecule has 3 aromatic carbocycles. The molecule has 0 aliphatic rings. The van der Waals surface area contributed by atoms with E-state index in [1.165, 1.54) is 24.9 Å². The van der Waals surface area contributed by atoms with Crippen molar-refractivity contribution in [1.82, 2.24) is 20.2 Å². The number of rotatable bonds is 8. The molecule has 0 fully saturated rings. The van der Waals surface area contributed by atoms with Gasteiger partial charge in [0.1, 0.15) is 0 Å². The van der Waals surface area contributed by atoms with Crippen molar-refractivity contribution in [1.29, 1.82) is 0 Å². The Hall–Kier alpha value is -4.11. The van der Waals surface area contributed by atoms with Crippen molar-refractivity contribution in [2.75, 3.05) is 12.9 Å². The summed E-state index contributed by atoms with van der Waals surface area (Å²) in [5.41, 5.74) is 8.05. The molecule has 4 aromatic rings. The molecule has 0 spiro atoms. The molecule has 0 aliphatic carbocycles. The Morgan fingerprint density at radius 3 is 2.36 bits per heavy atom. The summed E-state index contributed by atoms with van der Waals surface area (Å²) < 4.78 is 7.09. The highest BCUT2D eigenvalue weighted by Gasteiger charge is 2.17. The summed E-state index contributed by atoms with van der Waals surface area (Å²) in [6.07, 6.45) is 0. The van der Waals surface area contributed by atoms with E-state index >= 15 is 0 Å². The van der Waals surface area contributed by atoms with E-state index in [0.717, 1.165) is 27.9 Å². The molecule has 0 saturated carbocycles. The number of carbonyl (C=O) groups is 1. The zero-order chi connectivity index (χ0) is 25.7. The standard InChI is InChI=1S/C27H27N5O3S/c1-17-5-9-20(10-6-17)26-30-31-27(32(26)22-12-7-18(2)8-13-22)36-16-25(34)29-28-19(3)21-11-14-23(33)24(15-21)35-4/h5-15,33H,16H2,1-4H3,(H,29,34). The molecule has 0 bridgehead atoms. The number of hydrazone groups is 1. The van der Waals surface area contributed by atoms with Gasteiger partial charge in [-0.15, -0.1) is 10.2 Å². The molecule has 9 heteroatoms. The van der Waals surface area contributed by atoms with E-state index in [9.17, 15) is 9.90 Å². The van der Waals surface area contributed by atoms with E-state index in [1.807, 2.05) is 66.9 Å². The number of aromatic hydroxyl groups is 1. The van der Waals surface area contributed by atoms with Crippen LogP contribution in [0.3, 0.4) is 0 Å². The third kappa shape index (κ3) is 5.75. The second-order valence-corrected chi connectivity index (χ2v) is 9.19. The Kier molecular flexibility index (Phi) is 7.70. The van der Waals surface area contributed by atoms with Crippen LogP contribution in [0.25, 0.3) is 17.1 Å². The van der Waals surface area contributed by atoms with Crippen LogP contribution in [0.4, 0.5) is 0 Å². The van der Waals surface area contributed by atoms with Gasteiger partial charge in [0.15, 0.2) is 22.5 Å². The van der Waals surface area contributed by atoms with Crippen molar-refractivity contribution in [2.24, 2.45) is 5.10 Å². The van der Waals surface area contributed by atoms with Gasteiger partial charge in [0.2, 0.25) is 0 Å². The van der Waals surface area contributed by atoms with Gasteiger partial charge in [0.05, 0.1) is 18.6 Å². The lowest BCUT2D eigenvalue weighted by molar-refractivity contribution is -0.118. The molecule has 184 valence electrons. The van der Waals surface area contributed by atoms with E-state index in [-0.39, 0.29) is 17.4 Å². The minimum Gasteiger partial charge on any atom is -0.504 e. The third-order valence-electron chi connectivity index (χ3n) is 5.51. The number of carbonyl (C=O) groups excluding carboxylic acids is 1. The number of hydrogen-bond donors (Lipinski definition) is 2. The quantitative estimate of drug-likeness (QED) is 0.202. The number of amides is 1. The SMILES string of the molecule is COc1cc(C(C)=NNC(=O)CSc2nnc(-c3ccc(C)cc3)n2-c2ccc(C)cc2)ccc1O. The number of phenols is 1. The molecular formula is C27H27N5O3S. The van der Waals surface area contributed by atoms with Gasteiger partial charge < -0.3 is 9.84 Å². The molecule has 1 aromatic heterocycles. The summed E-state index contributed by atoms with van der Waals surface area (Å²) >= 11 is 1.28. The zero-order valence-electron chi connectivity index (χ0n) is 20.5. The highest BCUT2D eigenvalue weighted by Crippen LogP contribution is 2.29. The number of benzene rings is 3. The second-order valence-electron chi connectivity index (χ2n) is 8.25. The third-order valence-corrected chi connectivity index (χ3v) is 6.44. The molecule has 0 atom stereocenters. The van der Waals surface area contributed by atoms with Crippen molar-refractivity contribution in [3.8, 4) is 28.6 Å². The molecular weight excluding hydrogens is 474 g/mol. The zero-order valence-corrected chi connectivity index (χ0v) is 21.3. The maximum Gasteiger partial charge on any atom is 0.250 e. The van der Waals surface area contributed by atoms with Crippen LogP contribution in [0.5, 0.6) is 11.5 Å². The summed E-state index contributed by atoms with van der Waals surface area (Å²) in [5, 5.41) is 23.4. The fourth-order valence-electron chi connectivity index (χ4n) is 3.46. The Labute approximate surface area is 214 Å². The summed E-state index contributed by atoms with van der Waals surface area (Å²) in [4.78, 5) is 12.6. The van der Waals surface area contributed by atoms with Crippen molar-refractivity contribution in [3.63, 3.8) is 0 Å². The number of phenolic OH excluding ortho intramolecular Hbond substituents is 1. The number of aryl methyl sites for hydroxylation is 2. The molecule has 36 heavy (non-hydrogen) atoms. The van der Waals surface area contributed by atoms with E-state index in [2.05, 4.69) is 20.7 Å². The first-order valence-corrected chi connectivity index (χ1v) is 12.3. The first kappa shape index (κ1) is 25.0. The molecule has 8 nitrogen and oxygen atoms in total. The van der Waals surface area contributed by atoms with Crippen LogP contribution >= 0.6 is 11.8 Å². The molecule has 0 radical (unpaired) electrons. The van der Waals surface area contributed by atoms with Gasteiger partial charge in [0, 0.05) is 16.8 Å². The molecule has 2 N–H and O–H groups in total. The maximum atomic E-state index is 12.6. The summed E-state index contributed by atoms with van der Waals surface area (Å²) in [7, 11) is 1.48. The highest BCUT2D eigenvalue weighted by molar-refractivity contribution is 7.99. The average Bonchev–Trinajstić information content (AvgIpc) is 3.31. The lowest BCUT2D eigenvalue weighted by Gasteiger charge is -2.11. The monoisotopic (exact) mass is 501 g/mol. The van der Waals surface area contributed by atoms with Crippen molar-refractivity contribution >= 4 is 23.4 Å². The van der Waals surface area contributed by atoms with Gasteiger partial charge in [-0.2, -0.15) is 5.10 Å². The van der Waals surface area contributed by atoms with Crippen LogP contribution in [0.2, 0.25) is 0 Å². The van der Waals surface area contributed by atoms with Gasteiger partial charge in [-0.05, 0) is 51.1 Å². The van der Waals surface area contributed by atoms with Crippen molar-refractivity contribution < 1.29 is 14.6 Å². The summed E-state index contributed by atoms with van der Waals surface area (Å²) in [6.45, 7) is 5.84. The topological polar surface area (TPSA) is 102 Å². The van der Waals surface area contributed by atoms with Gasteiger partial charge in [-0.25, -0.2) is 5.43 Å². The number of ether oxygens (including phenoxy) is 1. The predicted molar refractivity (Wildman–Crippen MR) is 142 cm³/mol. The van der Waals surface area contributed by atoms with Crippen LogP contribution < -0.4 is 10.2 Å². The van der Waals surface area contributed by atoms with Crippen LogP contribution in [0, 0.1) is 13.8 Å². The van der Waals surface area contributed by atoms with Gasteiger partial charge in [-0.1, -0.05) is 59.3 Å². The molecule has 4 rings (SSSR count). The van der Waals surface area contributed by atoms with Crippen LogP contribution in [-0.4, -0.2) is 44.4 Å². The number of hydrogen-bond acceptors (Lipinski definition) is 7. The highest BCUT2D eigenvalue weighted by atomic mass is 32.2. The Bertz CT molecular complexity index is 1400. The van der Waals surface area contributed by atoms with Gasteiger partial charge in [-0.3, -0.25) is 9.36 Å². The van der Waals surface area contributed by atoms with Crippen molar-refractivity contribution in [3.05, 3.63) is 83.4 Å². The number of aromatic nitrogens is 3. The smallest absolute Gasteiger partial charge is 0.250 e. The number of methoxy groups -OCH3 is 1. The number of nitrogens with one attached hydrogen (secondary N) is 1. The Morgan fingerprint density at radius 2 is 1.69 bits per heavy atom. The largest absolute Gasteiger partial charge is 0.504 e. The minimum absolute atomic E-state index is 0.0391. The number of thioether (sulfide) groups is 1. The Balaban J connectivity index is 1.51. The maximum absolute atomic E-state index is 12.6. The van der Waals surface area contributed by atoms with Crippen LogP contribution in [0.15, 0.2) is 77.0 Å². The fourth-order valence-corrected chi connectivity index (χ4v) is 4.20. The van der Waals surface area contributed by atoms with E-state index in [4.69, 9.17) is 4.74 Å². The summed E-state index contributed by atoms with van der Waals surface area (Å²) in [5.74, 6) is 0.909. The van der Waals surface area contributed by atoms with E-state index in [1.54, 1.807) is 19.1 Å². The van der Waals surface area contributed by atoms with Gasteiger partial charge in [0.25, 0.3) is 5.91 Å². The molecule has 1 amide bonds. The van der Waals surface area contributed by atoms with E-state index < -0.39 is 0 Å². The normalized spacial score (nSPS) is 11.4. The minimum atomic E-state index is -0.277. The number of nitrogens with zero attached hydrogens (tertiary/aromatic N) is 4. The van der Waals surface area contributed by atoms with Gasteiger partial charge >= 0.3 is 0 Å². The summed E-state index contributed by atoms with van der Waals surface area (Å²) in [6, 6.07) is 21.1. The first-order valence-electron chi connectivity index (χ1n) is 11.3. The lowest BCUT2D eigenvalue weighted by atomic mass is 10.1. The molecule has 1 heterocycles. The van der Waals surface area contributed by atoms with Crippen LogP contribution in [-0.2, 0) is 4.79 Å². The van der Waals surface area contributed by atoms with Crippen LogP contribution in [0.1, 0.15) is 23.6 Å². The molecule has 0 unspecified atom stereocenters. The first-order chi connectivity index (χ1) is 17.4. The molecule has 0 saturated heterocycles. The second kappa shape index (κ2) is 11.1. The fraction of sp³-hybridized carbons (Fsp3) is 0.185. The van der Waals surface area contributed by atoms with Crippen molar-refractivity contribution in [2.45, 2.75) is 25.9 Å². The Morgan fingerprint density at radius 1 is 1.03 bits per heavy atom. The average molecular weight is 502 g/mol. The lowest BCUT2D eigenvalue weighted by Crippen LogP contribution is -2.21. The predicted octanol–water partition coefficient (Wildman–Crippen LogP) is 4.90. The molecule has 0 aliphatic heterocycles.